The van der Waals surface area contributed by atoms with Crippen LogP contribution in [0.25, 0.3) is 0 Å². The Morgan fingerprint density at radius 3 is 2.09 bits per heavy atom. The molecule has 20 nitrogen and oxygen atoms in total. The van der Waals surface area contributed by atoms with Crippen LogP contribution in [0, 0.1) is 5.92 Å². The van der Waals surface area contributed by atoms with E-state index in [-0.39, 0.29) is 94.5 Å². The van der Waals surface area contributed by atoms with Gasteiger partial charge in [0.15, 0.2) is 0 Å². The van der Waals surface area contributed by atoms with Gasteiger partial charge in [0.05, 0.1) is 19.1 Å². The van der Waals surface area contributed by atoms with Crippen LogP contribution in [0.3, 0.4) is 0 Å². The summed E-state index contributed by atoms with van der Waals surface area (Å²) in [6.07, 6.45) is 2.55. The zero-order chi connectivity index (χ0) is 49.7. The van der Waals surface area contributed by atoms with E-state index in [1.807, 2.05) is 58.0 Å². The van der Waals surface area contributed by atoms with E-state index in [2.05, 4.69) is 31.3 Å². The predicted octanol–water partition coefficient (Wildman–Crippen LogP) is 2.88. The van der Waals surface area contributed by atoms with E-state index in [1.165, 1.54) is 4.90 Å². The molecule has 1 aliphatic heterocycles. The third-order valence-electron chi connectivity index (χ3n) is 10.6. The Labute approximate surface area is 394 Å². The molecule has 8 N–H and O–H groups in total. The Morgan fingerprint density at radius 1 is 0.836 bits per heavy atom. The van der Waals surface area contributed by atoms with Crippen molar-refractivity contribution in [2.45, 2.75) is 115 Å². The van der Waals surface area contributed by atoms with Crippen molar-refractivity contribution in [3.8, 4) is 0 Å². The molecule has 2 aromatic rings. The molecule has 2 atom stereocenters. The molecule has 364 valence electrons. The fraction of sp³-hybridized carbons (Fsp3) is 0.478. The van der Waals surface area contributed by atoms with E-state index in [9.17, 15) is 47.9 Å². The van der Waals surface area contributed by atoms with Crippen LogP contribution in [-0.2, 0) is 53.4 Å². The molecule has 3 rings (SSSR count). The van der Waals surface area contributed by atoms with Crippen molar-refractivity contribution in [3.63, 3.8) is 0 Å². The molecule has 2 aromatic carbocycles. The number of nitrogens with two attached hydrogens (primary N) is 1. The number of likely N-dealkylation sites (N-methyl/N-ethyl adjacent to an activating group) is 1. The predicted molar refractivity (Wildman–Crippen MR) is 249 cm³/mol. The van der Waals surface area contributed by atoms with Gasteiger partial charge >= 0.3 is 12.0 Å². The quantitative estimate of drug-likeness (QED) is 0.0310. The second-order valence-electron chi connectivity index (χ2n) is 16.9. The summed E-state index contributed by atoms with van der Waals surface area (Å²) >= 11 is 1.04. The molecular weight excluding hydrogens is 887 g/mol. The molecule has 21 heteroatoms. The van der Waals surface area contributed by atoms with Crippen LogP contribution in [0.15, 0.2) is 71.1 Å². The summed E-state index contributed by atoms with van der Waals surface area (Å²) in [6, 6.07) is 13.9. The third kappa shape index (κ3) is 19.3. The molecule has 67 heavy (non-hydrogen) atoms. The van der Waals surface area contributed by atoms with Crippen LogP contribution in [0.5, 0.6) is 0 Å². The van der Waals surface area contributed by atoms with Gasteiger partial charge in [-0.1, -0.05) is 64.1 Å². The van der Waals surface area contributed by atoms with Gasteiger partial charge in [-0.3, -0.25) is 43.1 Å². The monoisotopic (exact) mass is 949 g/mol. The van der Waals surface area contributed by atoms with Gasteiger partial charge in [-0.2, -0.15) is 0 Å². The molecule has 1 saturated heterocycles. The summed E-state index contributed by atoms with van der Waals surface area (Å²) in [7, 11) is 1.63. The summed E-state index contributed by atoms with van der Waals surface area (Å²) < 4.78 is 2.78. The zero-order valence-electron chi connectivity index (χ0n) is 38.9. The van der Waals surface area contributed by atoms with Gasteiger partial charge in [0.25, 0.3) is 17.7 Å². The van der Waals surface area contributed by atoms with Crippen molar-refractivity contribution in [3.05, 3.63) is 71.8 Å². The number of benzene rings is 2. The van der Waals surface area contributed by atoms with Gasteiger partial charge < -0.3 is 42.1 Å². The second kappa shape index (κ2) is 27.0. The number of hydroxylamine groups is 2. The Bertz CT molecular complexity index is 2120. The molecule has 1 heterocycles. The lowest BCUT2D eigenvalue weighted by Gasteiger charge is -2.30. The van der Waals surface area contributed by atoms with Gasteiger partial charge in [-0.15, -0.1) is 5.06 Å². The number of anilines is 1. The van der Waals surface area contributed by atoms with Crippen molar-refractivity contribution < 1.29 is 52.8 Å². The normalized spacial score (nSPS) is 13.5. The summed E-state index contributed by atoms with van der Waals surface area (Å²) in [4.78, 5) is 131. The van der Waals surface area contributed by atoms with Crippen molar-refractivity contribution >= 4 is 76.9 Å². The lowest BCUT2D eigenvalue weighted by Crippen LogP contribution is -2.47. The van der Waals surface area contributed by atoms with Crippen molar-refractivity contribution in [1.29, 1.82) is 0 Å². The maximum absolute atomic E-state index is 13.3. The maximum Gasteiger partial charge on any atom is 0.333 e. The first kappa shape index (κ1) is 54.6. The van der Waals surface area contributed by atoms with Crippen molar-refractivity contribution in [2.24, 2.45) is 11.7 Å². The van der Waals surface area contributed by atoms with Gasteiger partial charge in [0.2, 0.25) is 29.5 Å². The molecule has 2 unspecified atom stereocenters. The largest absolute Gasteiger partial charge is 0.352 e. The standard InChI is InChI=1S/C46H63N9O11S/c1-29(2)35(54(6)41(61)28-50-37(57)26-46(4,5)31-13-8-7-9-14-31)25-30(3)43(63)53-67-33-20-18-32(19-21-33)51-44(64)34(15-12-24-48-45(47)65)52-38(58)27-49-36(56)16-10-11-17-42(62)66-55-39(59)22-23-40(55)60/h7-9,13-14,18-21,25,29,34-35H,10-12,15-17,22-24,26-28H2,1-6H3,(H,49,56)(H,50,57)(H,51,64)(H,52,58)(H,53,63)(H3,47,48,65)/b30-25+. The van der Waals surface area contributed by atoms with E-state index < -0.39 is 65.6 Å². The van der Waals surface area contributed by atoms with E-state index in [0.29, 0.717) is 21.2 Å². The van der Waals surface area contributed by atoms with E-state index in [0.717, 1.165) is 17.5 Å². The Balaban J connectivity index is 1.47. The fourth-order valence-corrected chi connectivity index (χ4v) is 7.33. The number of carbonyl (C=O) groups is 10. The average molecular weight is 950 g/mol. The molecule has 1 fully saturated rings. The highest BCUT2D eigenvalue weighted by Crippen LogP contribution is 2.27. The van der Waals surface area contributed by atoms with Gasteiger partial charge in [0, 0.05) is 61.9 Å². The van der Waals surface area contributed by atoms with Gasteiger partial charge in [-0.25, -0.2) is 9.59 Å². The third-order valence-corrected chi connectivity index (χ3v) is 11.4. The molecule has 0 aromatic heterocycles. The highest BCUT2D eigenvalue weighted by Gasteiger charge is 2.33. The topological polar surface area (TPSA) is 285 Å². The summed E-state index contributed by atoms with van der Waals surface area (Å²) in [5.74, 6) is -4.69. The molecule has 0 aliphatic carbocycles. The number of primary amides is 1. The number of hydrogen-bond acceptors (Lipinski definition) is 12. The first-order chi connectivity index (χ1) is 31.7. The molecule has 10 amide bonds. The number of rotatable bonds is 26. The van der Waals surface area contributed by atoms with Crippen molar-refractivity contribution in [1.82, 2.24) is 36.0 Å². The van der Waals surface area contributed by atoms with E-state index >= 15 is 0 Å². The minimum absolute atomic E-state index is 0.0250. The Morgan fingerprint density at radius 2 is 1.46 bits per heavy atom. The highest BCUT2D eigenvalue weighted by atomic mass is 32.2. The Kier molecular flexibility index (Phi) is 22.0. The highest BCUT2D eigenvalue weighted by molar-refractivity contribution is 7.98. The number of nitrogens with zero attached hydrogens (tertiary/aromatic N) is 2. The number of amides is 10. The van der Waals surface area contributed by atoms with Crippen LogP contribution < -0.4 is 37.0 Å². The first-order valence-corrected chi connectivity index (χ1v) is 22.8. The van der Waals surface area contributed by atoms with Gasteiger partial charge in [-0.05, 0) is 85.7 Å². The summed E-state index contributed by atoms with van der Waals surface area (Å²) in [5, 5.41) is 13.4. The van der Waals surface area contributed by atoms with Crippen LogP contribution in [0.4, 0.5) is 10.5 Å². The number of hydrogen-bond donors (Lipinski definition) is 7. The Hall–Kier alpha value is -6.77. The van der Waals surface area contributed by atoms with Crippen LogP contribution in [0.1, 0.15) is 98.0 Å². The lowest BCUT2D eigenvalue weighted by atomic mass is 9.81. The average Bonchev–Trinajstić information content (AvgIpc) is 3.60. The minimum atomic E-state index is -1.07. The maximum atomic E-state index is 13.3. The lowest BCUT2D eigenvalue weighted by molar-refractivity contribution is -0.197. The van der Waals surface area contributed by atoms with Crippen LogP contribution in [-0.4, -0.2) is 108 Å². The minimum Gasteiger partial charge on any atom is -0.352 e. The molecule has 0 radical (unpaired) electrons. The number of nitrogens with one attached hydrogen (secondary N) is 6. The fourth-order valence-electron chi connectivity index (χ4n) is 6.68. The molecular formula is C46H63N9O11S. The number of unbranched alkanes of at least 4 members (excludes halogenated alkanes) is 1. The van der Waals surface area contributed by atoms with Crippen molar-refractivity contribution in [2.75, 3.05) is 32.0 Å². The molecule has 0 bridgehead atoms. The van der Waals surface area contributed by atoms with E-state index in [1.54, 1.807) is 44.3 Å². The van der Waals surface area contributed by atoms with Gasteiger partial charge in [0.1, 0.15) is 6.04 Å². The smallest absolute Gasteiger partial charge is 0.333 e. The second-order valence-corrected chi connectivity index (χ2v) is 17.8. The first-order valence-electron chi connectivity index (χ1n) is 22.0. The van der Waals surface area contributed by atoms with E-state index in [4.69, 9.17) is 10.6 Å². The molecule has 0 spiro atoms. The van der Waals surface area contributed by atoms with Crippen LogP contribution in [0.2, 0.25) is 0 Å². The molecule has 0 saturated carbocycles. The number of imide groups is 1. The van der Waals surface area contributed by atoms with Crippen LogP contribution >= 0.6 is 11.9 Å². The number of carbonyl (C=O) groups excluding carboxylic acids is 10. The SMILES string of the molecule is C/C(=C\C(C(C)C)N(C)C(=O)CNC(=O)CC(C)(C)c1ccccc1)C(=O)NSc1ccc(NC(=O)C(CCCNC(N)=O)NC(=O)CNC(=O)CCCCC(=O)ON2C(=O)CCC2=O)cc1. The number of urea groups is 1. The zero-order valence-corrected chi connectivity index (χ0v) is 39.7. The molecule has 1 aliphatic rings. The summed E-state index contributed by atoms with van der Waals surface area (Å²) in [6.45, 7) is 8.93. The summed E-state index contributed by atoms with van der Waals surface area (Å²) in [5.41, 5.74) is 6.48.